The molecule has 0 aliphatic rings. The van der Waals surface area contributed by atoms with Crippen molar-refractivity contribution < 1.29 is 5.21 Å². The molecule has 2 aromatic heterocycles. The fourth-order valence-corrected chi connectivity index (χ4v) is 1.29. The summed E-state index contributed by atoms with van der Waals surface area (Å²) in [6.07, 6.45) is 0. The number of imidazole rings is 1. The smallest absolute Gasteiger partial charge is 0.300 e. The zero-order valence-corrected chi connectivity index (χ0v) is 7.72. The van der Waals surface area contributed by atoms with Gasteiger partial charge in [-0.2, -0.15) is 4.98 Å². The highest BCUT2D eigenvalue weighted by molar-refractivity contribution is 5.71. The Morgan fingerprint density at radius 3 is 2.71 bits per heavy atom. The number of nitrogens with two attached hydrogens (primary N) is 1. The molecule has 3 N–H and O–H groups in total. The number of hydrogen-bond acceptors (Lipinski definition) is 5. The number of aryl methyl sites for hydroxylation is 2. The number of hydrogen-bond donors (Lipinski definition) is 2. The third-order valence-electron chi connectivity index (χ3n) is 2.14. The molecule has 0 radical (unpaired) electrons. The van der Waals surface area contributed by atoms with Gasteiger partial charge in [0.2, 0.25) is 11.6 Å². The highest BCUT2D eigenvalue weighted by Crippen LogP contribution is 2.10. The Morgan fingerprint density at radius 1 is 1.43 bits per heavy atom. The Labute approximate surface area is 78.4 Å². The first-order valence-electron chi connectivity index (χ1n) is 3.93. The zero-order valence-electron chi connectivity index (χ0n) is 7.72. The molecule has 14 heavy (non-hydrogen) atoms. The first-order chi connectivity index (χ1) is 6.52. The number of fused-ring (bicyclic) bond motifs is 1. The topological polar surface area (TPSA) is 99.0 Å². The Kier molecular flexibility index (Phi) is 1.51. The van der Waals surface area contributed by atoms with Crippen LogP contribution in [0, 0.1) is 6.92 Å². The summed E-state index contributed by atoms with van der Waals surface area (Å²) in [5, 5.41) is 9.43. The third-order valence-corrected chi connectivity index (χ3v) is 2.14. The van der Waals surface area contributed by atoms with Gasteiger partial charge in [0, 0.05) is 7.05 Å². The first kappa shape index (κ1) is 8.54. The second-order valence-electron chi connectivity index (χ2n) is 2.98. The third kappa shape index (κ3) is 0.889. The maximum atomic E-state index is 11.4. The van der Waals surface area contributed by atoms with Crippen LogP contribution in [0.4, 0.5) is 5.95 Å². The molecule has 2 rings (SSSR count). The van der Waals surface area contributed by atoms with Crippen LogP contribution >= 0.6 is 0 Å². The maximum absolute atomic E-state index is 11.4. The largest absolute Gasteiger partial charge is 0.423 e. The number of nitrogens with zero attached hydrogens (tertiary/aromatic N) is 4. The Bertz CT molecular complexity index is 567. The van der Waals surface area contributed by atoms with Crippen molar-refractivity contribution in [3.63, 3.8) is 0 Å². The molecule has 2 aromatic rings. The highest BCUT2D eigenvalue weighted by atomic mass is 16.5. The molecule has 2 heterocycles. The van der Waals surface area contributed by atoms with Crippen LogP contribution in [0.5, 0.6) is 0 Å². The fourth-order valence-electron chi connectivity index (χ4n) is 1.29. The second kappa shape index (κ2) is 2.47. The molecule has 0 amide bonds. The lowest BCUT2D eigenvalue weighted by molar-refractivity contribution is 0.199. The average Bonchev–Trinajstić information content (AvgIpc) is 2.40. The van der Waals surface area contributed by atoms with Gasteiger partial charge in [0.05, 0.1) is 0 Å². The van der Waals surface area contributed by atoms with E-state index in [0.717, 1.165) is 0 Å². The standard InChI is InChI=1S/C7H9N5O2/c1-3-9-5-4(11(3)2)6(13)10-7(8)12(5)14/h14H,1-2H3,(H2,8,10,13). The number of anilines is 1. The van der Waals surface area contributed by atoms with Gasteiger partial charge in [-0.25, -0.2) is 4.98 Å². The Morgan fingerprint density at radius 2 is 2.07 bits per heavy atom. The van der Waals surface area contributed by atoms with Crippen LogP contribution in [0.15, 0.2) is 4.79 Å². The van der Waals surface area contributed by atoms with Gasteiger partial charge in [-0.1, -0.05) is 0 Å². The lowest BCUT2D eigenvalue weighted by Crippen LogP contribution is -2.18. The summed E-state index contributed by atoms with van der Waals surface area (Å²) >= 11 is 0. The van der Waals surface area contributed by atoms with E-state index >= 15 is 0 Å². The molecule has 0 bridgehead atoms. The van der Waals surface area contributed by atoms with Gasteiger partial charge in [0.1, 0.15) is 5.82 Å². The van der Waals surface area contributed by atoms with E-state index in [0.29, 0.717) is 10.6 Å². The van der Waals surface area contributed by atoms with Gasteiger partial charge in [-0.05, 0) is 6.92 Å². The van der Waals surface area contributed by atoms with Gasteiger partial charge >= 0.3 is 5.56 Å². The number of aromatic nitrogens is 4. The first-order valence-corrected chi connectivity index (χ1v) is 3.93. The monoisotopic (exact) mass is 195 g/mol. The maximum Gasteiger partial charge on any atom is 0.300 e. The molecule has 0 unspecified atom stereocenters. The Balaban J connectivity index is 3.10. The van der Waals surface area contributed by atoms with Crippen molar-refractivity contribution in [3.05, 3.63) is 16.2 Å². The van der Waals surface area contributed by atoms with Crippen molar-refractivity contribution in [1.82, 2.24) is 19.3 Å². The van der Waals surface area contributed by atoms with Gasteiger partial charge in [-0.3, -0.25) is 4.79 Å². The van der Waals surface area contributed by atoms with E-state index < -0.39 is 5.56 Å². The summed E-state index contributed by atoms with van der Waals surface area (Å²) in [6.45, 7) is 1.72. The van der Waals surface area contributed by atoms with Gasteiger partial charge < -0.3 is 15.5 Å². The van der Waals surface area contributed by atoms with Gasteiger partial charge in [-0.15, -0.1) is 4.73 Å². The molecule has 0 aromatic carbocycles. The SMILES string of the molecule is Cc1nc2c(c(=O)nc(N)n2O)n1C. The summed E-state index contributed by atoms with van der Waals surface area (Å²) in [5.41, 5.74) is 5.17. The minimum Gasteiger partial charge on any atom is -0.423 e. The van der Waals surface area contributed by atoms with Crippen LogP contribution in [-0.2, 0) is 7.05 Å². The summed E-state index contributed by atoms with van der Waals surface area (Å²) in [4.78, 5) is 18.8. The predicted octanol–water partition coefficient (Wildman–Crippen LogP) is -0.742. The predicted molar refractivity (Wildman–Crippen MR) is 49.1 cm³/mol. The van der Waals surface area contributed by atoms with E-state index in [4.69, 9.17) is 5.73 Å². The van der Waals surface area contributed by atoms with E-state index in [1.54, 1.807) is 18.5 Å². The Hall–Kier alpha value is -2.05. The van der Waals surface area contributed by atoms with Crippen LogP contribution in [0.25, 0.3) is 11.2 Å². The molecular weight excluding hydrogens is 186 g/mol. The summed E-state index contributed by atoms with van der Waals surface area (Å²) < 4.78 is 2.15. The van der Waals surface area contributed by atoms with E-state index in [1.165, 1.54) is 0 Å². The van der Waals surface area contributed by atoms with Crippen LogP contribution in [0.2, 0.25) is 0 Å². The van der Waals surface area contributed by atoms with Crippen LogP contribution in [0.3, 0.4) is 0 Å². The molecule has 0 aliphatic carbocycles. The van der Waals surface area contributed by atoms with Crippen molar-refractivity contribution in [2.75, 3.05) is 5.73 Å². The fraction of sp³-hybridized carbons (Fsp3) is 0.286. The van der Waals surface area contributed by atoms with Crippen molar-refractivity contribution >= 4 is 17.1 Å². The minimum atomic E-state index is -0.495. The van der Waals surface area contributed by atoms with Crippen molar-refractivity contribution in [2.24, 2.45) is 7.05 Å². The lowest BCUT2D eigenvalue weighted by atomic mass is 10.5. The summed E-state index contributed by atoms with van der Waals surface area (Å²) in [5.74, 6) is 0.341. The molecule has 7 nitrogen and oxygen atoms in total. The molecule has 0 saturated heterocycles. The molecule has 0 spiro atoms. The second-order valence-corrected chi connectivity index (χ2v) is 2.98. The molecular formula is C7H9N5O2. The molecule has 74 valence electrons. The minimum absolute atomic E-state index is 0.127. The van der Waals surface area contributed by atoms with E-state index in [9.17, 15) is 10.0 Å². The average molecular weight is 195 g/mol. The summed E-state index contributed by atoms with van der Waals surface area (Å²) in [6, 6.07) is 0. The lowest BCUT2D eigenvalue weighted by Gasteiger charge is -2.00. The van der Waals surface area contributed by atoms with Gasteiger partial charge in [0.25, 0.3) is 0 Å². The van der Waals surface area contributed by atoms with Crippen molar-refractivity contribution in [3.8, 4) is 0 Å². The molecule has 7 heteroatoms. The molecule has 0 saturated carbocycles. The number of nitrogen functional groups attached to an aromatic ring is 1. The van der Waals surface area contributed by atoms with Crippen LogP contribution in [0.1, 0.15) is 5.82 Å². The van der Waals surface area contributed by atoms with Crippen LogP contribution < -0.4 is 11.3 Å². The molecule has 0 atom stereocenters. The number of rotatable bonds is 0. The van der Waals surface area contributed by atoms with Crippen LogP contribution in [-0.4, -0.2) is 24.5 Å². The zero-order chi connectivity index (χ0) is 10.5. The molecule has 0 aliphatic heterocycles. The van der Waals surface area contributed by atoms with E-state index in [1.807, 2.05) is 0 Å². The summed E-state index contributed by atoms with van der Waals surface area (Å²) in [7, 11) is 1.67. The quantitative estimate of drug-likeness (QED) is 0.539. The molecule has 0 fully saturated rings. The van der Waals surface area contributed by atoms with Gasteiger partial charge in [0.15, 0.2) is 5.52 Å². The van der Waals surface area contributed by atoms with Crippen molar-refractivity contribution in [1.29, 1.82) is 0 Å². The highest BCUT2D eigenvalue weighted by Gasteiger charge is 2.14. The van der Waals surface area contributed by atoms with E-state index in [-0.39, 0.29) is 17.1 Å². The van der Waals surface area contributed by atoms with Crippen molar-refractivity contribution in [2.45, 2.75) is 6.92 Å². The normalized spacial score (nSPS) is 11.0. The van der Waals surface area contributed by atoms with E-state index in [2.05, 4.69) is 9.97 Å².